The van der Waals surface area contributed by atoms with Gasteiger partial charge in [-0.3, -0.25) is 4.79 Å². The zero-order chi connectivity index (χ0) is 14.0. The molecular formula is C13H14N2O3S. The van der Waals surface area contributed by atoms with Crippen molar-refractivity contribution < 1.29 is 13.2 Å². The number of imidazole rings is 1. The molecular weight excluding hydrogens is 264 g/mol. The minimum atomic E-state index is -3.30. The van der Waals surface area contributed by atoms with Gasteiger partial charge in [0.1, 0.15) is 5.82 Å². The van der Waals surface area contributed by atoms with Crippen LogP contribution in [0.4, 0.5) is 0 Å². The Hall–Kier alpha value is -1.95. The van der Waals surface area contributed by atoms with Gasteiger partial charge in [-0.1, -0.05) is 12.1 Å². The van der Waals surface area contributed by atoms with Crippen molar-refractivity contribution in [3.63, 3.8) is 0 Å². The Morgan fingerprint density at radius 2 is 2.11 bits per heavy atom. The first-order chi connectivity index (χ1) is 8.88. The van der Waals surface area contributed by atoms with E-state index in [0.717, 1.165) is 6.26 Å². The lowest BCUT2D eigenvalue weighted by molar-refractivity contribution is 0.0989. The van der Waals surface area contributed by atoms with E-state index in [9.17, 15) is 13.2 Å². The third kappa shape index (κ3) is 3.08. The second-order valence-electron chi connectivity index (χ2n) is 4.35. The molecule has 19 heavy (non-hydrogen) atoms. The molecule has 0 aliphatic carbocycles. The summed E-state index contributed by atoms with van der Waals surface area (Å²) >= 11 is 0. The van der Waals surface area contributed by atoms with Crippen LogP contribution in [0.15, 0.2) is 41.6 Å². The lowest BCUT2D eigenvalue weighted by Gasteiger charge is -2.04. The van der Waals surface area contributed by atoms with E-state index in [1.54, 1.807) is 29.1 Å². The molecule has 0 amide bonds. The van der Waals surface area contributed by atoms with Gasteiger partial charge in [-0.2, -0.15) is 0 Å². The SMILES string of the molecule is Cn1ccnc1CC(=O)c1cccc(S(C)(=O)=O)c1. The number of rotatable bonds is 4. The number of benzene rings is 1. The van der Waals surface area contributed by atoms with Crippen molar-refractivity contribution in [3.05, 3.63) is 48.0 Å². The van der Waals surface area contributed by atoms with Gasteiger partial charge in [0.25, 0.3) is 0 Å². The van der Waals surface area contributed by atoms with Crippen molar-refractivity contribution >= 4 is 15.6 Å². The van der Waals surface area contributed by atoms with E-state index in [1.165, 1.54) is 12.1 Å². The quantitative estimate of drug-likeness (QED) is 0.789. The maximum absolute atomic E-state index is 12.1. The van der Waals surface area contributed by atoms with Crippen LogP contribution in [0, 0.1) is 0 Å². The van der Waals surface area contributed by atoms with E-state index in [-0.39, 0.29) is 17.1 Å². The van der Waals surface area contributed by atoms with Crippen molar-refractivity contribution in [3.8, 4) is 0 Å². The molecule has 0 atom stereocenters. The Balaban J connectivity index is 2.28. The fourth-order valence-electron chi connectivity index (χ4n) is 1.71. The Morgan fingerprint density at radius 1 is 1.37 bits per heavy atom. The molecule has 1 aromatic heterocycles. The smallest absolute Gasteiger partial charge is 0.175 e. The first-order valence-corrected chi connectivity index (χ1v) is 7.56. The summed E-state index contributed by atoms with van der Waals surface area (Å²) < 4.78 is 24.7. The van der Waals surface area contributed by atoms with E-state index in [4.69, 9.17) is 0 Å². The Labute approximate surface area is 111 Å². The number of aryl methyl sites for hydroxylation is 1. The molecule has 0 aliphatic rings. The van der Waals surface area contributed by atoms with Gasteiger partial charge in [-0.15, -0.1) is 0 Å². The molecule has 0 aliphatic heterocycles. The zero-order valence-corrected chi connectivity index (χ0v) is 11.5. The molecule has 1 heterocycles. The van der Waals surface area contributed by atoms with Crippen molar-refractivity contribution in [2.75, 3.05) is 6.26 Å². The molecule has 0 fully saturated rings. The molecule has 0 spiro atoms. The number of ketones is 1. The second kappa shape index (κ2) is 4.97. The molecule has 6 heteroatoms. The average Bonchev–Trinajstić information content (AvgIpc) is 2.74. The predicted molar refractivity (Wildman–Crippen MR) is 70.8 cm³/mol. The molecule has 2 rings (SSSR count). The molecule has 0 saturated heterocycles. The Morgan fingerprint density at radius 3 is 2.68 bits per heavy atom. The summed E-state index contributed by atoms with van der Waals surface area (Å²) in [6, 6.07) is 6.06. The third-order valence-corrected chi connectivity index (χ3v) is 3.93. The number of hydrogen-bond acceptors (Lipinski definition) is 4. The highest BCUT2D eigenvalue weighted by molar-refractivity contribution is 7.90. The van der Waals surface area contributed by atoms with E-state index in [0.29, 0.717) is 11.4 Å². The topological polar surface area (TPSA) is 69.0 Å². The van der Waals surface area contributed by atoms with E-state index in [1.807, 2.05) is 7.05 Å². The van der Waals surface area contributed by atoms with Crippen LogP contribution in [0.25, 0.3) is 0 Å². The van der Waals surface area contributed by atoms with Crippen LogP contribution in [0.2, 0.25) is 0 Å². The first-order valence-electron chi connectivity index (χ1n) is 5.67. The molecule has 0 unspecified atom stereocenters. The Kier molecular flexibility index (Phi) is 3.53. The minimum Gasteiger partial charge on any atom is -0.338 e. The van der Waals surface area contributed by atoms with Crippen LogP contribution in [-0.2, 0) is 23.3 Å². The molecule has 0 bridgehead atoms. The van der Waals surface area contributed by atoms with Crippen LogP contribution >= 0.6 is 0 Å². The third-order valence-electron chi connectivity index (χ3n) is 2.82. The van der Waals surface area contributed by atoms with Crippen molar-refractivity contribution in [1.82, 2.24) is 9.55 Å². The standard InChI is InChI=1S/C13H14N2O3S/c1-15-7-6-14-13(15)9-12(16)10-4-3-5-11(8-10)19(2,17)18/h3-8H,9H2,1-2H3. The minimum absolute atomic E-state index is 0.150. The number of Topliss-reactive ketones (excluding diaryl/α,β-unsaturated/α-hetero) is 1. The summed E-state index contributed by atoms with van der Waals surface area (Å²) in [5.41, 5.74) is 0.380. The summed E-state index contributed by atoms with van der Waals surface area (Å²) in [6.07, 6.45) is 4.65. The number of nitrogens with zero attached hydrogens (tertiary/aromatic N) is 2. The number of aromatic nitrogens is 2. The molecule has 2 aromatic rings. The first kappa shape index (κ1) is 13.5. The maximum atomic E-state index is 12.1. The van der Waals surface area contributed by atoms with Gasteiger partial charge in [0, 0.05) is 31.3 Å². The molecule has 5 nitrogen and oxygen atoms in total. The number of carbonyl (C=O) groups excluding carboxylic acids is 1. The van der Waals surface area contributed by atoms with Gasteiger partial charge < -0.3 is 4.57 Å². The summed E-state index contributed by atoms with van der Waals surface area (Å²) in [6.45, 7) is 0. The number of sulfone groups is 1. The van der Waals surface area contributed by atoms with Crippen LogP contribution < -0.4 is 0 Å². The van der Waals surface area contributed by atoms with E-state index < -0.39 is 9.84 Å². The monoisotopic (exact) mass is 278 g/mol. The van der Waals surface area contributed by atoms with E-state index >= 15 is 0 Å². The highest BCUT2D eigenvalue weighted by Crippen LogP contribution is 2.13. The summed E-state index contributed by atoms with van der Waals surface area (Å²) in [5.74, 6) is 0.495. The molecule has 100 valence electrons. The van der Waals surface area contributed by atoms with E-state index in [2.05, 4.69) is 4.98 Å². The van der Waals surface area contributed by atoms with Crippen LogP contribution in [0.3, 0.4) is 0 Å². The molecule has 0 saturated carbocycles. The lowest BCUT2D eigenvalue weighted by Crippen LogP contribution is -2.09. The van der Waals surface area contributed by atoms with Gasteiger partial charge in [0.15, 0.2) is 15.6 Å². The summed E-state index contributed by atoms with van der Waals surface area (Å²) in [7, 11) is -1.49. The van der Waals surface area contributed by atoms with Crippen LogP contribution in [0.1, 0.15) is 16.2 Å². The van der Waals surface area contributed by atoms with Crippen LogP contribution in [-0.4, -0.2) is 30.0 Å². The molecule has 1 aromatic carbocycles. The lowest BCUT2D eigenvalue weighted by atomic mass is 10.1. The Bertz CT molecular complexity index is 717. The number of carbonyl (C=O) groups is 1. The van der Waals surface area contributed by atoms with Gasteiger partial charge in [0.2, 0.25) is 0 Å². The fourth-order valence-corrected chi connectivity index (χ4v) is 2.38. The fraction of sp³-hybridized carbons (Fsp3) is 0.231. The largest absolute Gasteiger partial charge is 0.338 e. The molecule has 0 N–H and O–H groups in total. The highest BCUT2D eigenvalue weighted by Gasteiger charge is 2.13. The second-order valence-corrected chi connectivity index (χ2v) is 6.37. The van der Waals surface area contributed by atoms with Gasteiger partial charge >= 0.3 is 0 Å². The molecule has 0 radical (unpaired) electrons. The van der Waals surface area contributed by atoms with Gasteiger partial charge in [-0.05, 0) is 12.1 Å². The number of hydrogen-bond donors (Lipinski definition) is 0. The van der Waals surface area contributed by atoms with Crippen LogP contribution in [0.5, 0.6) is 0 Å². The van der Waals surface area contributed by atoms with Crippen molar-refractivity contribution in [2.45, 2.75) is 11.3 Å². The van der Waals surface area contributed by atoms with Gasteiger partial charge in [-0.25, -0.2) is 13.4 Å². The maximum Gasteiger partial charge on any atom is 0.175 e. The zero-order valence-electron chi connectivity index (χ0n) is 10.7. The highest BCUT2D eigenvalue weighted by atomic mass is 32.2. The summed E-state index contributed by atoms with van der Waals surface area (Å²) in [4.78, 5) is 16.3. The van der Waals surface area contributed by atoms with Crippen molar-refractivity contribution in [2.24, 2.45) is 7.05 Å². The van der Waals surface area contributed by atoms with Gasteiger partial charge in [0.05, 0.1) is 11.3 Å². The summed E-state index contributed by atoms with van der Waals surface area (Å²) in [5, 5.41) is 0. The average molecular weight is 278 g/mol. The van der Waals surface area contributed by atoms with Crippen molar-refractivity contribution in [1.29, 1.82) is 0 Å². The normalized spacial score (nSPS) is 11.5. The predicted octanol–water partition coefficient (Wildman–Crippen LogP) is 1.25.